The fraction of sp³-hybridized carbons (Fsp3) is 1.00. The zero-order chi connectivity index (χ0) is 7.56. The highest BCUT2D eigenvalue weighted by atomic mass is 16.5. The van der Waals surface area contributed by atoms with Crippen LogP contribution >= 0.6 is 0 Å². The Morgan fingerprint density at radius 2 is 2.10 bits per heavy atom. The Bertz CT molecular complexity index is 101. The molecule has 0 aromatic rings. The predicted molar refractivity (Wildman–Crippen MR) is 43.0 cm³/mol. The molecule has 1 heterocycles. The van der Waals surface area contributed by atoms with Crippen molar-refractivity contribution in [3.05, 3.63) is 0 Å². The van der Waals surface area contributed by atoms with Crippen molar-refractivity contribution in [3.63, 3.8) is 0 Å². The molecule has 0 radical (unpaired) electrons. The molecular formula is C9H18O. The topological polar surface area (TPSA) is 9.23 Å². The Morgan fingerprint density at radius 3 is 2.60 bits per heavy atom. The second-order valence-corrected chi connectivity index (χ2v) is 3.53. The lowest BCUT2D eigenvalue weighted by molar-refractivity contribution is -0.0320. The van der Waals surface area contributed by atoms with Crippen LogP contribution < -0.4 is 0 Å². The summed E-state index contributed by atoms with van der Waals surface area (Å²) in [7, 11) is 0. The molecule has 10 heavy (non-hydrogen) atoms. The van der Waals surface area contributed by atoms with Crippen LogP contribution in [-0.4, -0.2) is 12.7 Å². The SMILES string of the molecule is CCC1CC(C)OC[C@H]1C. The van der Waals surface area contributed by atoms with Crippen molar-refractivity contribution in [2.75, 3.05) is 6.61 Å². The van der Waals surface area contributed by atoms with E-state index in [2.05, 4.69) is 20.8 Å². The van der Waals surface area contributed by atoms with E-state index in [0.717, 1.165) is 18.4 Å². The molecule has 1 nitrogen and oxygen atoms in total. The average Bonchev–Trinajstić information content (AvgIpc) is 1.94. The third-order valence-corrected chi connectivity index (χ3v) is 2.61. The second-order valence-electron chi connectivity index (χ2n) is 3.53. The summed E-state index contributed by atoms with van der Waals surface area (Å²) in [5.41, 5.74) is 0. The fourth-order valence-corrected chi connectivity index (χ4v) is 1.75. The molecule has 3 atom stereocenters. The van der Waals surface area contributed by atoms with Crippen LogP contribution in [0.5, 0.6) is 0 Å². The van der Waals surface area contributed by atoms with Gasteiger partial charge in [-0.15, -0.1) is 0 Å². The van der Waals surface area contributed by atoms with Crippen molar-refractivity contribution < 1.29 is 4.74 Å². The summed E-state index contributed by atoms with van der Waals surface area (Å²) in [5.74, 6) is 1.69. The van der Waals surface area contributed by atoms with Gasteiger partial charge < -0.3 is 4.74 Å². The summed E-state index contributed by atoms with van der Waals surface area (Å²) in [6.07, 6.45) is 3.08. The predicted octanol–water partition coefficient (Wildman–Crippen LogP) is 2.46. The zero-order valence-corrected chi connectivity index (χ0v) is 7.26. The first-order chi connectivity index (χ1) is 4.74. The van der Waals surface area contributed by atoms with Gasteiger partial charge in [-0.25, -0.2) is 0 Å². The average molecular weight is 142 g/mol. The Kier molecular flexibility index (Phi) is 2.72. The van der Waals surface area contributed by atoms with E-state index in [0.29, 0.717) is 6.10 Å². The van der Waals surface area contributed by atoms with Gasteiger partial charge in [-0.1, -0.05) is 20.3 Å². The monoisotopic (exact) mass is 142 g/mol. The molecule has 0 aromatic heterocycles. The minimum absolute atomic E-state index is 0.501. The van der Waals surface area contributed by atoms with E-state index >= 15 is 0 Å². The fourth-order valence-electron chi connectivity index (χ4n) is 1.75. The summed E-state index contributed by atoms with van der Waals surface area (Å²) in [4.78, 5) is 0. The van der Waals surface area contributed by atoms with Gasteiger partial charge in [-0.3, -0.25) is 0 Å². The van der Waals surface area contributed by atoms with Crippen LogP contribution in [-0.2, 0) is 4.74 Å². The van der Waals surface area contributed by atoms with E-state index in [1.54, 1.807) is 0 Å². The normalized spacial score (nSPS) is 41.7. The van der Waals surface area contributed by atoms with E-state index in [1.807, 2.05) is 0 Å². The highest BCUT2D eigenvalue weighted by Crippen LogP contribution is 2.27. The molecule has 0 spiro atoms. The Labute approximate surface area is 63.8 Å². The van der Waals surface area contributed by atoms with Crippen LogP contribution in [0.1, 0.15) is 33.6 Å². The van der Waals surface area contributed by atoms with Crippen molar-refractivity contribution >= 4 is 0 Å². The molecule has 2 unspecified atom stereocenters. The standard InChI is InChI=1S/C9H18O/c1-4-9-5-8(3)10-6-7(9)2/h7-9H,4-6H2,1-3H3/t7-,8?,9?/m1/s1. The highest BCUT2D eigenvalue weighted by molar-refractivity contribution is 4.72. The van der Waals surface area contributed by atoms with Crippen molar-refractivity contribution in [1.82, 2.24) is 0 Å². The maximum Gasteiger partial charge on any atom is 0.0549 e. The minimum Gasteiger partial charge on any atom is -0.378 e. The lowest BCUT2D eigenvalue weighted by Gasteiger charge is -2.32. The molecule has 1 aliphatic rings. The quantitative estimate of drug-likeness (QED) is 0.546. The molecule has 0 aromatic carbocycles. The van der Waals surface area contributed by atoms with E-state index in [9.17, 15) is 0 Å². The van der Waals surface area contributed by atoms with E-state index in [-0.39, 0.29) is 0 Å². The molecule has 1 heteroatoms. The van der Waals surface area contributed by atoms with Crippen molar-refractivity contribution in [1.29, 1.82) is 0 Å². The molecule has 1 saturated heterocycles. The van der Waals surface area contributed by atoms with Crippen LogP contribution in [0.2, 0.25) is 0 Å². The molecule has 1 aliphatic heterocycles. The van der Waals surface area contributed by atoms with E-state index < -0.39 is 0 Å². The summed E-state index contributed by atoms with van der Waals surface area (Å²) in [6, 6.07) is 0. The Balaban J connectivity index is 2.38. The van der Waals surface area contributed by atoms with Crippen LogP contribution in [0.4, 0.5) is 0 Å². The Morgan fingerprint density at radius 1 is 1.40 bits per heavy atom. The summed E-state index contributed by atoms with van der Waals surface area (Å²) >= 11 is 0. The minimum atomic E-state index is 0.501. The second kappa shape index (κ2) is 3.38. The molecule has 1 fully saturated rings. The number of ether oxygens (including phenoxy) is 1. The van der Waals surface area contributed by atoms with Gasteiger partial charge in [0, 0.05) is 6.61 Å². The first-order valence-electron chi connectivity index (χ1n) is 4.35. The molecule has 0 amide bonds. The van der Waals surface area contributed by atoms with Gasteiger partial charge in [0.25, 0.3) is 0 Å². The number of hydrogen-bond donors (Lipinski definition) is 0. The summed E-state index contributed by atoms with van der Waals surface area (Å²) in [5, 5.41) is 0. The van der Waals surface area contributed by atoms with Crippen molar-refractivity contribution in [2.45, 2.75) is 39.7 Å². The molecule has 1 rings (SSSR count). The van der Waals surface area contributed by atoms with Crippen molar-refractivity contribution in [2.24, 2.45) is 11.8 Å². The van der Waals surface area contributed by atoms with Crippen LogP contribution in [0.3, 0.4) is 0 Å². The maximum absolute atomic E-state index is 5.52. The lowest BCUT2D eigenvalue weighted by Crippen LogP contribution is -2.29. The largest absolute Gasteiger partial charge is 0.378 e. The highest BCUT2D eigenvalue weighted by Gasteiger charge is 2.23. The molecule has 0 saturated carbocycles. The van der Waals surface area contributed by atoms with Gasteiger partial charge in [-0.2, -0.15) is 0 Å². The van der Waals surface area contributed by atoms with Gasteiger partial charge in [0.05, 0.1) is 6.10 Å². The van der Waals surface area contributed by atoms with Gasteiger partial charge in [0.1, 0.15) is 0 Å². The van der Waals surface area contributed by atoms with Gasteiger partial charge >= 0.3 is 0 Å². The van der Waals surface area contributed by atoms with E-state index in [1.165, 1.54) is 12.8 Å². The third-order valence-electron chi connectivity index (χ3n) is 2.61. The summed E-state index contributed by atoms with van der Waals surface area (Å²) in [6.45, 7) is 7.72. The summed E-state index contributed by atoms with van der Waals surface area (Å²) < 4.78 is 5.52. The van der Waals surface area contributed by atoms with Crippen LogP contribution in [0.25, 0.3) is 0 Å². The number of hydrogen-bond acceptors (Lipinski definition) is 1. The number of rotatable bonds is 1. The molecular weight excluding hydrogens is 124 g/mol. The first kappa shape index (κ1) is 8.06. The van der Waals surface area contributed by atoms with E-state index in [4.69, 9.17) is 4.74 Å². The van der Waals surface area contributed by atoms with Gasteiger partial charge in [0.15, 0.2) is 0 Å². The molecule has 0 aliphatic carbocycles. The van der Waals surface area contributed by atoms with Crippen LogP contribution in [0.15, 0.2) is 0 Å². The van der Waals surface area contributed by atoms with Gasteiger partial charge in [0.2, 0.25) is 0 Å². The smallest absolute Gasteiger partial charge is 0.0549 e. The third kappa shape index (κ3) is 1.72. The maximum atomic E-state index is 5.52. The lowest BCUT2D eigenvalue weighted by atomic mass is 9.85. The van der Waals surface area contributed by atoms with Crippen LogP contribution in [0, 0.1) is 11.8 Å². The zero-order valence-electron chi connectivity index (χ0n) is 7.26. The van der Waals surface area contributed by atoms with Gasteiger partial charge in [-0.05, 0) is 25.2 Å². The molecule has 60 valence electrons. The molecule has 0 bridgehead atoms. The molecule has 0 N–H and O–H groups in total. The first-order valence-corrected chi connectivity index (χ1v) is 4.35. The van der Waals surface area contributed by atoms with Crippen molar-refractivity contribution in [3.8, 4) is 0 Å². The Hall–Kier alpha value is -0.0400.